The number of carbonyl (C=O) groups is 1. The Hall–Kier alpha value is -2.06. The van der Waals surface area contributed by atoms with Gasteiger partial charge in [0.25, 0.3) is 0 Å². The number of piperidine rings is 1. The van der Waals surface area contributed by atoms with Gasteiger partial charge in [-0.2, -0.15) is 0 Å². The number of rotatable bonds is 7. The summed E-state index contributed by atoms with van der Waals surface area (Å²) < 4.78 is 26.4. The van der Waals surface area contributed by atoms with Crippen LogP contribution in [0.15, 0.2) is 53.0 Å². The van der Waals surface area contributed by atoms with Crippen molar-refractivity contribution in [2.24, 2.45) is 0 Å². The standard InChI is InChI=1S/C22H28BrN3O3S/c1-17(18-6-10-20(11-7-18)25-14-4-3-5-15-25)24-22(27)16-26(30(2,28)29)21-12-8-19(23)9-13-21/h6-13,17H,3-5,14-16H2,1-2H3,(H,24,27). The first-order valence-electron chi connectivity index (χ1n) is 10.1. The number of nitrogens with one attached hydrogen (secondary N) is 1. The predicted octanol–water partition coefficient (Wildman–Crippen LogP) is 4.08. The largest absolute Gasteiger partial charge is 0.372 e. The number of nitrogens with zero attached hydrogens (tertiary/aromatic N) is 2. The van der Waals surface area contributed by atoms with Crippen LogP contribution in [0.1, 0.15) is 37.8 Å². The smallest absolute Gasteiger partial charge is 0.241 e. The van der Waals surface area contributed by atoms with Crippen LogP contribution >= 0.6 is 15.9 Å². The molecule has 0 bridgehead atoms. The van der Waals surface area contributed by atoms with Crippen LogP contribution in [0.5, 0.6) is 0 Å². The minimum Gasteiger partial charge on any atom is -0.372 e. The highest BCUT2D eigenvalue weighted by molar-refractivity contribution is 9.10. The van der Waals surface area contributed by atoms with E-state index in [0.29, 0.717) is 5.69 Å². The third-order valence-electron chi connectivity index (χ3n) is 5.29. The van der Waals surface area contributed by atoms with Crippen molar-refractivity contribution in [1.29, 1.82) is 0 Å². The molecule has 0 saturated carbocycles. The van der Waals surface area contributed by atoms with Gasteiger partial charge in [0, 0.05) is 23.2 Å². The number of hydrogen-bond donors (Lipinski definition) is 1. The van der Waals surface area contributed by atoms with E-state index < -0.39 is 10.0 Å². The van der Waals surface area contributed by atoms with Gasteiger partial charge in [0.15, 0.2) is 0 Å². The van der Waals surface area contributed by atoms with E-state index in [0.717, 1.165) is 33.7 Å². The molecule has 0 radical (unpaired) electrons. The fourth-order valence-electron chi connectivity index (χ4n) is 3.63. The molecule has 1 saturated heterocycles. The van der Waals surface area contributed by atoms with Gasteiger partial charge < -0.3 is 10.2 Å². The first-order valence-corrected chi connectivity index (χ1v) is 12.8. The fraction of sp³-hybridized carbons (Fsp3) is 0.409. The molecule has 8 heteroatoms. The molecule has 1 atom stereocenters. The van der Waals surface area contributed by atoms with Crippen LogP contribution in [0.4, 0.5) is 11.4 Å². The van der Waals surface area contributed by atoms with Crippen molar-refractivity contribution in [2.45, 2.75) is 32.2 Å². The lowest BCUT2D eigenvalue weighted by atomic mass is 10.1. The zero-order valence-corrected chi connectivity index (χ0v) is 19.7. The average molecular weight is 494 g/mol. The van der Waals surface area contributed by atoms with Crippen LogP contribution in [-0.2, 0) is 14.8 Å². The molecular weight excluding hydrogens is 466 g/mol. The minimum absolute atomic E-state index is 0.223. The monoisotopic (exact) mass is 493 g/mol. The van der Waals surface area contributed by atoms with E-state index in [1.807, 2.05) is 19.1 Å². The van der Waals surface area contributed by atoms with Gasteiger partial charge in [-0.05, 0) is 68.1 Å². The van der Waals surface area contributed by atoms with E-state index in [9.17, 15) is 13.2 Å². The Bertz CT molecular complexity index is 956. The average Bonchev–Trinajstić information content (AvgIpc) is 2.73. The number of amides is 1. The highest BCUT2D eigenvalue weighted by Gasteiger charge is 2.22. The summed E-state index contributed by atoms with van der Waals surface area (Å²) in [4.78, 5) is 15.0. The van der Waals surface area contributed by atoms with E-state index in [4.69, 9.17) is 0 Å². The van der Waals surface area contributed by atoms with Crippen LogP contribution in [0.25, 0.3) is 0 Å². The first-order chi connectivity index (χ1) is 14.2. The molecule has 30 heavy (non-hydrogen) atoms. The number of hydrogen-bond acceptors (Lipinski definition) is 4. The number of halogens is 1. The van der Waals surface area contributed by atoms with Gasteiger partial charge in [-0.25, -0.2) is 8.42 Å². The molecule has 1 aliphatic heterocycles. The summed E-state index contributed by atoms with van der Waals surface area (Å²) in [6.07, 6.45) is 4.85. The Morgan fingerprint density at radius 3 is 2.23 bits per heavy atom. The number of carbonyl (C=O) groups excluding carboxylic acids is 1. The van der Waals surface area contributed by atoms with Crippen LogP contribution in [-0.4, -0.2) is 40.2 Å². The molecule has 6 nitrogen and oxygen atoms in total. The van der Waals surface area contributed by atoms with Gasteiger partial charge in [-0.1, -0.05) is 28.1 Å². The second-order valence-electron chi connectivity index (χ2n) is 7.67. The Morgan fingerprint density at radius 2 is 1.67 bits per heavy atom. The van der Waals surface area contributed by atoms with Crippen molar-refractivity contribution in [3.05, 3.63) is 58.6 Å². The maximum atomic E-state index is 12.6. The molecule has 1 aliphatic rings. The molecule has 0 aromatic heterocycles. The summed E-state index contributed by atoms with van der Waals surface area (Å²) in [5.74, 6) is -0.351. The summed E-state index contributed by atoms with van der Waals surface area (Å²) in [6, 6.07) is 14.8. The SMILES string of the molecule is CC(NC(=O)CN(c1ccc(Br)cc1)S(C)(=O)=O)c1ccc(N2CCCCC2)cc1. The van der Waals surface area contributed by atoms with Gasteiger partial charge in [-0.3, -0.25) is 9.10 Å². The van der Waals surface area contributed by atoms with E-state index in [1.165, 1.54) is 24.9 Å². The summed E-state index contributed by atoms with van der Waals surface area (Å²) in [7, 11) is -3.59. The molecule has 0 aliphatic carbocycles. The van der Waals surface area contributed by atoms with E-state index in [2.05, 4.69) is 38.3 Å². The first kappa shape index (κ1) is 22.6. The van der Waals surface area contributed by atoms with Gasteiger partial charge in [0.1, 0.15) is 6.54 Å². The zero-order chi connectivity index (χ0) is 21.7. The Kier molecular flexibility index (Phi) is 7.41. The lowest BCUT2D eigenvalue weighted by molar-refractivity contribution is -0.120. The van der Waals surface area contributed by atoms with Crippen molar-refractivity contribution >= 4 is 43.2 Å². The normalized spacial score (nSPS) is 15.5. The molecule has 1 N–H and O–H groups in total. The molecule has 1 fully saturated rings. The topological polar surface area (TPSA) is 69.7 Å². The Labute approximate surface area is 187 Å². The lowest BCUT2D eigenvalue weighted by Crippen LogP contribution is -2.41. The van der Waals surface area contributed by atoms with Crippen molar-refractivity contribution in [3.8, 4) is 0 Å². The van der Waals surface area contributed by atoms with Gasteiger partial charge in [-0.15, -0.1) is 0 Å². The number of anilines is 2. The maximum absolute atomic E-state index is 12.6. The quantitative estimate of drug-likeness (QED) is 0.630. The van der Waals surface area contributed by atoms with Gasteiger partial charge in [0.2, 0.25) is 15.9 Å². The van der Waals surface area contributed by atoms with Crippen molar-refractivity contribution in [3.63, 3.8) is 0 Å². The molecule has 1 heterocycles. The van der Waals surface area contributed by atoms with Crippen LogP contribution < -0.4 is 14.5 Å². The maximum Gasteiger partial charge on any atom is 0.241 e. The zero-order valence-electron chi connectivity index (χ0n) is 17.3. The van der Waals surface area contributed by atoms with Crippen molar-refractivity contribution in [1.82, 2.24) is 5.32 Å². The van der Waals surface area contributed by atoms with Gasteiger partial charge in [0.05, 0.1) is 18.0 Å². The highest BCUT2D eigenvalue weighted by atomic mass is 79.9. The van der Waals surface area contributed by atoms with Crippen LogP contribution in [0, 0.1) is 0 Å². The second kappa shape index (κ2) is 9.83. The van der Waals surface area contributed by atoms with E-state index >= 15 is 0 Å². The van der Waals surface area contributed by atoms with Crippen LogP contribution in [0.3, 0.4) is 0 Å². The van der Waals surface area contributed by atoms with E-state index in [1.54, 1.807) is 24.3 Å². The summed E-state index contributed by atoms with van der Waals surface area (Å²) >= 11 is 3.33. The Morgan fingerprint density at radius 1 is 1.07 bits per heavy atom. The summed E-state index contributed by atoms with van der Waals surface area (Å²) in [5, 5.41) is 2.91. The van der Waals surface area contributed by atoms with Crippen molar-refractivity contribution < 1.29 is 13.2 Å². The lowest BCUT2D eigenvalue weighted by Gasteiger charge is -2.29. The summed E-state index contributed by atoms with van der Waals surface area (Å²) in [6.45, 7) is 3.81. The van der Waals surface area contributed by atoms with Gasteiger partial charge >= 0.3 is 0 Å². The predicted molar refractivity (Wildman–Crippen MR) is 125 cm³/mol. The van der Waals surface area contributed by atoms with Crippen molar-refractivity contribution in [2.75, 3.05) is 35.1 Å². The third kappa shape index (κ3) is 5.98. The molecule has 162 valence electrons. The van der Waals surface area contributed by atoms with E-state index in [-0.39, 0.29) is 18.5 Å². The second-order valence-corrected chi connectivity index (χ2v) is 10.5. The highest BCUT2D eigenvalue weighted by Crippen LogP contribution is 2.23. The molecule has 2 aromatic rings. The Balaban J connectivity index is 1.64. The minimum atomic E-state index is -3.59. The van der Waals surface area contributed by atoms with Crippen LogP contribution in [0.2, 0.25) is 0 Å². The number of benzene rings is 2. The molecule has 1 unspecified atom stereocenters. The molecule has 1 amide bonds. The molecule has 3 rings (SSSR count). The summed E-state index contributed by atoms with van der Waals surface area (Å²) in [5.41, 5.74) is 2.64. The molecule has 2 aromatic carbocycles. The molecular formula is C22H28BrN3O3S. The third-order valence-corrected chi connectivity index (χ3v) is 6.96. The molecule has 0 spiro atoms. The number of sulfonamides is 1. The fourth-order valence-corrected chi connectivity index (χ4v) is 4.75.